The van der Waals surface area contributed by atoms with Crippen LogP contribution in [0.5, 0.6) is 0 Å². The number of piperazine rings is 1. The van der Waals surface area contributed by atoms with E-state index in [9.17, 15) is 4.79 Å². The van der Waals surface area contributed by atoms with Gasteiger partial charge in [0.1, 0.15) is 12.1 Å². The quantitative estimate of drug-likeness (QED) is 0.793. The van der Waals surface area contributed by atoms with Crippen molar-refractivity contribution in [3.05, 3.63) is 58.8 Å². The first-order valence-corrected chi connectivity index (χ1v) is 10.6. The van der Waals surface area contributed by atoms with E-state index in [1.165, 1.54) is 11.3 Å². The minimum atomic E-state index is -0.578. The van der Waals surface area contributed by atoms with E-state index in [-0.39, 0.29) is 11.9 Å². The standard InChI is InChI=1S/C23H28N6O/c1-15-4-9-20-21(15)22(27-14-26-20)29-11-10-28(13-16(29)2)23(30)19(24)12-17-5-7-18(25-3)8-6-17/h5-8,14-16,19H,4,9-13,24H2,1-2H3/t15-,16+,19-/m1/s1. The number of aromatic nitrogens is 2. The minimum absolute atomic E-state index is 0.0166. The molecule has 7 nitrogen and oxygen atoms in total. The van der Waals surface area contributed by atoms with E-state index in [4.69, 9.17) is 12.3 Å². The van der Waals surface area contributed by atoms with Crippen molar-refractivity contribution in [3.8, 4) is 0 Å². The lowest BCUT2D eigenvalue weighted by atomic mass is 10.0. The van der Waals surface area contributed by atoms with Crippen LogP contribution in [-0.4, -0.2) is 52.5 Å². The van der Waals surface area contributed by atoms with E-state index in [0.717, 1.165) is 30.8 Å². The van der Waals surface area contributed by atoms with Crippen LogP contribution in [0, 0.1) is 6.57 Å². The van der Waals surface area contributed by atoms with Crippen LogP contribution in [0.25, 0.3) is 4.85 Å². The predicted octanol–water partition coefficient (Wildman–Crippen LogP) is 2.68. The molecule has 0 spiro atoms. The maximum atomic E-state index is 13.0. The molecule has 1 aliphatic carbocycles. The number of amides is 1. The van der Waals surface area contributed by atoms with E-state index in [1.54, 1.807) is 18.5 Å². The van der Waals surface area contributed by atoms with Gasteiger partial charge in [-0.2, -0.15) is 0 Å². The Morgan fingerprint density at radius 1 is 1.27 bits per heavy atom. The highest BCUT2D eigenvalue weighted by Gasteiger charge is 2.33. The van der Waals surface area contributed by atoms with Gasteiger partial charge in [-0.25, -0.2) is 14.8 Å². The van der Waals surface area contributed by atoms with Crippen LogP contribution in [0.2, 0.25) is 0 Å². The van der Waals surface area contributed by atoms with E-state index in [0.29, 0.717) is 31.1 Å². The molecule has 1 fully saturated rings. The van der Waals surface area contributed by atoms with Crippen molar-refractivity contribution in [1.82, 2.24) is 14.9 Å². The van der Waals surface area contributed by atoms with Gasteiger partial charge in [-0.1, -0.05) is 31.2 Å². The number of nitrogens with two attached hydrogens (primary N) is 1. The van der Waals surface area contributed by atoms with Crippen molar-refractivity contribution in [2.24, 2.45) is 5.73 Å². The smallest absolute Gasteiger partial charge is 0.239 e. The number of anilines is 1. The SMILES string of the molecule is [C-]#[N+]c1ccc(C[C@@H](N)C(=O)N2CCN(c3ncnc4c3[C@H](C)CC4)[C@@H](C)C2)cc1. The number of carbonyl (C=O) groups excluding carboxylic acids is 1. The normalized spacial score (nSPS) is 21.8. The molecule has 0 radical (unpaired) electrons. The van der Waals surface area contributed by atoms with Crippen LogP contribution in [0.4, 0.5) is 11.5 Å². The third-order valence-corrected chi connectivity index (χ3v) is 6.30. The molecule has 0 bridgehead atoms. The minimum Gasteiger partial charge on any atom is -0.350 e. The zero-order valence-electron chi connectivity index (χ0n) is 17.6. The van der Waals surface area contributed by atoms with Gasteiger partial charge >= 0.3 is 0 Å². The third kappa shape index (κ3) is 3.88. The summed E-state index contributed by atoms with van der Waals surface area (Å²) in [5.74, 6) is 1.50. The Balaban J connectivity index is 1.41. The summed E-state index contributed by atoms with van der Waals surface area (Å²) in [6.07, 6.45) is 4.29. The van der Waals surface area contributed by atoms with Crippen molar-refractivity contribution in [2.75, 3.05) is 24.5 Å². The molecular formula is C23H28N6O. The highest BCUT2D eigenvalue weighted by molar-refractivity contribution is 5.82. The Labute approximate surface area is 177 Å². The molecule has 4 rings (SSSR count). The van der Waals surface area contributed by atoms with Crippen molar-refractivity contribution in [2.45, 2.75) is 51.1 Å². The predicted molar refractivity (Wildman–Crippen MR) is 117 cm³/mol. The zero-order chi connectivity index (χ0) is 21.3. The molecule has 1 amide bonds. The number of hydrogen-bond donors (Lipinski definition) is 1. The molecule has 0 unspecified atom stereocenters. The van der Waals surface area contributed by atoms with Crippen molar-refractivity contribution >= 4 is 17.4 Å². The van der Waals surface area contributed by atoms with Gasteiger partial charge in [0.2, 0.25) is 5.91 Å². The van der Waals surface area contributed by atoms with Crippen LogP contribution in [0.15, 0.2) is 30.6 Å². The Hall–Kier alpha value is -2.98. The Morgan fingerprint density at radius 2 is 2.03 bits per heavy atom. The van der Waals surface area contributed by atoms with E-state index >= 15 is 0 Å². The second-order valence-corrected chi connectivity index (χ2v) is 8.41. The summed E-state index contributed by atoms with van der Waals surface area (Å²) >= 11 is 0. The first-order valence-electron chi connectivity index (χ1n) is 10.6. The maximum Gasteiger partial charge on any atom is 0.239 e. The Kier molecular flexibility index (Phi) is 5.69. The van der Waals surface area contributed by atoms with Gasteiger partial charge in [-0.3, -0.25) is 4.79 Å². The molecule has 1 aromatic carbocycles. The van der Waals surface area contributed by atoms with Gasteiger partial charge in [0.05, 0.1) is 12.6 Å². The molecule has 0 saturated carbocycles. The summed E-state index contributed by atoms with van der Waals surface area (Å²) in [7, 11) is 0. The molecular weight excluding hydrogens is 376 g/mol. The van der Waals surface area contributed by atoms with Crippen molar-refractivity contribution in [3.63, 3.8) is 0 Å². The monoisotopic (exact) mass is 404 g/mol. The molecule has 2 heterocycles. The lowest BCUT2D eigenvalue weighted by molar-refractivity contribution is -0.133. The van der Waals surface area contributed by atoms with E-state index in [1.807, 2.05) is 17.0 Å². The number of fused-ring (bicyclic) bond motifs is 1. The Bertz CT molecular complexity index is 967. The summed E-state index contributed by atoms with van der Waals surface area (Å²) in [5.41, 5.74) is 10.3. The van der Waals surface area contributed by atoms with Crippen LogP contribution in [-0.2, 0) is 17.6 Å². The maximum absolute atomic E-state index is 13.0. The zero-order valence-corrected chi connectivity index (χ0v) is 17.6. The first-order chi connectivity index (χ1) is 14.5. The van der Waals surface area contributed by atoms with Gasteiger partial charge in [-0.15, -0.1) is 0 Å². The number of benzene rings is 1. The largest absolute Gasteiger partial charge is 0.350 e. The van der Waals surface area contributed by atoms with Crippen LogP contribution in [0.1, 0.15) is 43.0 Å². The first kappa shape index (κ1) is 20.3. The van der Waals surface area contributed by atoms with Crippen LogP contribution >= 0.6 is 0 Å². The van der Waals surface area contributed by atoms with E-state index in [2.05, 4.69) is 33.6 Å². The van der Waals surface area contributed by atoms with Gasteiger partial charge in [0.15, 0.2) is 5.69 Å². The average Bonchev–Trinajstić information content (AvgIpc) is 3.15. The highest BCUT2D eigenvalue weighted by atomic mass is 16.2. The number of carbonyl (C=O) groups is 1. The molecule has 2 aliphatic rings. The average molecular weight is 405 g/mol. The summed E-state index contributed by atoms with van der Waals surface area (Å²) < 4.78 is 0. The molecule has 1 aromatic heterocycles. The third-order valence-electron chi connectivity index (χ3n) is 6.30. The fourth-order valence-corrected chi connectivity index (χ4v) is 4.61. The summed E-state index contributed by atoms with van der Waals surface area (Å²) in [4.78, 5) is 29.6. The second kappa shape index (κ2) is 8.41. The summed E-state index contributed by atoms with van der Waals surface area (Å²) in [6.45, 7) is 13.4. The van der Waals surface area contributed by atoms with Gasteiger partial charge < -0.3 is 15.5 Å². The lowest BCUT2D eigenvalue weighted by Gasteiger charge is -2.42. The molecule has 2 N–H and O–H groups in total. The highest BCUT2D eigenvalue weighted by Crippen LogP contribution is 2.38. The van der Waals surface area contributed by atoms with Gasteiger partial charge in [0.25, 0.3) is 0 Å². The van der Waals surface area contributed by atoms with Crippen molar-refractivity contribution in [1.29, 1.82) is 0 Å². The van der Waals surface area contributed by atoms with Crippen LogP contribution < -0.4 is 10.6 Å². The number of aryl methyl sites for hydroxylation is 1. The summed E-state index contributed by atoms with van der Waals surface area (Å²) in [5, 5.41) is 0. The van der Waals surface area contributed by atoms with E-state index < -0.39 is 6.04 Å². The molecule has 1 saturated heterocycles. The lowest BCUT2D eigenvalue weighted by Crippen LogP contribution is -2.57. The van der Waals surface area contributed by atoms with Gasteiger partial charge in [-0.05, 0) is 37.7 Å². The number of hydrogen-bond acceptors (Lipinski definition) is 5. The Morgan fingerprint density at radius 3 is 2.73 bits per heavy atom. The van der Waals surface area contributed by atoms with Crippen LogP contribution in [0.3, 0.4) is 0 Å². The molecule has 3 atom stereocenters. The molecule has 156 valence electrons. The fraction of sp³-hybridized carbons (Fsp3) is 0.478. The van der Waals surface area contributed by atoms with Gasteiger partial charge in [0, 0.05) is 36.9 Å². The number of nitrogens with zero attached hydrogens (tertiary/aromatic N) is 5. The molecule has 30 heavy (non-hydrogen) atoms. The molecule has 2 aromatic rings. The molecule has 7 heteroatoms. The fourth-order valence-electron chi connectivity index (χ4n) is 4.61. The van der Waals surface area contributed by atoms with Crippen molar-refractivity contribution < 1.29 is 4.79 Å². The second-order valence-electron chi connectivity index (χ2n) is 8.41. The summed E-state index contributed by atoms with van der Waals surface area (Å²) in [6, 6.07) is 6.87. The topological polar surface area (TPSA) is 79.7 Å². The molecule has 1 aliphatic heterocycles. The number of rotatable bonds is 4.